The monoisotopic (exact) mass is 236 g/mol. The lowest BCUT2D eigenvalue weighted by Gasteiger charge is -2.22. The summed E-state index contributed by atoms with van der Waals surface area (Å²) in [7, 11) is 0. The van der Waals surface area contributed by atoms with Gasteiger partial charge in [-0.3, -0.25) is 4.68 Å². The van der Waals surface area contributed by atoms with Crippen LogP contribution in [-0.4, -0.2) is 20.5 Å². The molecule has 0 radical (unpaired) electrons. The van der Waals surface area contributed by atoms with Crippen LogP contribution >= 0.6 is 0 Å². The second kappa shape index (κ2) is 5.21. The molecule has 0 amide bonds. The van der Waals surface area contributed by atoms with E-state index in [-0.39, 0.29) is 0 Å². The maximum Gasteiger partial charge on any atom is 0.0673 e. The smallest absolute Gasteiger partial charge is 0.0673 e. The van der Waals surface area contributed by atoms with Gasteiger partial charge < -0.3 is 5.11 Å². The molecule has 0 saturated heterocycles. The Balaban J connectivity index is 2.00. The topological polar surface area (TPSA) is 38.0 Å². The van der Waals surface area contributed by atoms with Crippen molar-refractivity contribution in [3.8, 4) is 0 Å². The molecule has 1 saturated carbocycles. The molecule has 0 bridgehead atoms. The highest BCUT2D eigenvalue weighted by Crippen LogP contribution is 2.27. The van der Waals surface area contributed by atoms with Crippen LogP contribution in [0.25, 0.3) is 0 Å². The number of nitrogens with zero attached hydrogens (tertiary/aromatic N) is 2. The zero-order chi connectivity index (χ0) is 12.3. The first kappa shape index (κ1) is 12.6. The van der Waals surface area contributed by atoms with Gasteiger partial charge in [-0.2, -0.15) is 5.10 Å². The zero-order valence-corrected chi connectivity index (χ0v) is 11.0. The fraction of sp³-hybridized carbons (Fsp3) is 0.786. The molecule has 1 N–H and O–H groups in total. The second-order valence-corrected chi connectivity index (χ2v) is 5.61. The van der Waals surface area contributed by atoms with Gasteiger partial charge in [0, 0.05) is 12.6 Å². The third-order valence-electron chi connectivity index (χ3n) is 3.94. The van der Waals surface area contributed by atoms with E-state index in [4.69, 9.17) is 0 Å². The third-order valence-corrected chi connectivity index (χ3v) is 3.94. The van der Waals surface area contributed by atoms with Gasteiger partial charge in [0.25, 0.3) is 0 Å². The highest BCUT2D eigenvalue weighted by atomic mass is 16.3. The van der Waals surface area contributed by atoms with Gasteiger partial charge in [0.05, 0.1) is 17.3 Å². The van der Waals surface area contributed by atoms with E-state index in [9.17, 15) is 5.11 Å². The largest absolute Gasteiger partial charge is 0.390 e. The van der Waals surface area contributed by atoms with E-state index in [1.807, 2.05) is 13.8 Å². The Morgan fingerprint density at radius 3 is 2.76 bits per heavy atom. The van der Waals surface area contributed by atoms with Crippen molar-refractivity contribution >= 4 is 0 Å². The molecule has 1 unspecified atom stereocenters. The van der Waals surface area contributed by atoms with Gasteiger partial charge in [0.2, 0.25) is 0 Å². The van der Waals surface area contributed by atoms with Crippen LogP contribution in [-0.2, 0) is 6.42 Å². The van der Waals surface area contributed by atoms with Crippen molar-refractivity contribution in [2.24, 2.45) is 0 Å². The number of aliphatic hydroxyl groups is 1. The van der Waals surface area contributed by atoms with E-state index in [0.717, 1.165) is 12.1 Å². The van der Waals surface area contributed by atoms with E-state index < -0.39 is 5.60 Å². The summed E-state index contributed by atoms with van der Waals surface area (Å²) in [6.45, 7) is 3.89. The number of aromatic nitrogens is 2. The molecule has 17 heavy (non-hydrogen) atoms. The van der Waals surface area contributed by atoms with Gasteiger partial charge in [-0.25, -0.2) is 0 Å². The van der Waals surface area contributed by atoms with E-state index in [1.165, 1.54) is 32.1 Å². The molecule has 1 atom stereocenters. The van der Waals surface area contributed by atoms with Crippen molar-refractivity contribution < 1.29 is 5.11 Å². The first-order valence-electron chi connectivity index (χ1n) is 6.87. The highest BCUT2D eigenvalue weighted by Gasteiger charge is 2.21. The van der Waals surface area contributed by atoms with Crippen molar-refractivity contribution in [2.45, 2.75) is 70.4 Å². The van der Waals surface area contributed by atoms with E-state index in [0.29, 0.717) is 12.5 Å². The molecular formula is C14H24N2O. The summed E-state index contributed by atoms with van der Waals surface area (Å²) in [5.41, 5.74) is 0.397. The lowest BCUT2D eigenvalue weighted by Crippen LogP contribution is -2.26. The Morgan fingerprint density at radius 1 is 1.41 bits per heavy atom. The van der Waals surface area contributed by atoms with Crippen LogP contribution in [0.3, 0.4) is 0 Å². The fourth-order valence-corrected chi connectivity index (χ4v) is 2.54. The summed E-state index contributed by atoms with van der Waals surface area (Å²) >= 11 is 0. The van der Waals surface area contributed by atoms with Gasteiger partial charge in [-0.05, 0) is 32.3 Å². The Hall–Kier alpha value is -0.830. The molecule has 0 aliphatic heterocycles. The summed E-state index contributed by atoms with van der Waals surface area (Å²) in [5, 5.41) is 14.7. The van der Waals surface area contributed by atoms with Crippen LogP contribution in [0.2, 0.25) is 0 Å². The van der Waals surface area contributed by atoms with Gasteiger partial charge in [0.15, 0.2) is 0 Å². The second-order valence-electron chi connectivity index (χ2n) is 5.61. The predicted molar refractivity (Wildman–Crippen MR) is 69.0 cm³/mol. The third kappa shape index (κ3) is 3.32. The Bertz CT molecular complexity index is 351. The quantitative estimate of drug-likeness (QED) is 0.872. The maximum atomic E-state index is 10.0. The van der Waals surface area contributed by atoms with Crippen molar-refractivity contribution in [3.05, 3.63) is 18.0 Å². The fourth-order valence-electron chi connectivity index (χ4n) is 2.54. The van der Waals surface area contributed by atoms with Crippen molar-refractivity contribution in [2.75, 3.05) is 0 Å². The minimum atomic E-state index is -0.619. The molecule has 96 valence electrons. The Labute approximate surface area is 104 Å². The van der Waals surface area contributed by atoms with Gasteiger partial charge >= 0.3 is 0 Å². The number of hydrogen-bond acceptors (Lipinski definition) is 2. The Morgan fingerprint density at radius 2 is 2.12 bits per heavy atom. The molecule has 1 heterocycles. The minimum absolute atomic E-state index is 0.587. The number of hydrogen-bond donors (Lipinski definition) is 1. The summed E-state index contributed by atoms with van der Waals surface area (Å²) in [5.74, 6) is 0. The molecule has 0 spiro atoms. The summed E-state index contributed by atoms with van der Waals surface area (Å²) in [6, 6.07) is 2.64. The molecule has 1 aromatic rings. The highest BCUT2D eigenvalue weighted by molar-refractivity contribution is 5.04. The van der Waals surface area contributed by atoms with E-state index >= 15 is 0 Å². The van der Waals surface area contributed by atoms with Gasteiger partial charge in [-0.15, -0.1) is 0 Å². The van der Waals surface area contributed by atoms with Crippen LogP contribution < -0.4 is 0 Å². The molecule has 1 aromatic heterocycles. The van der Waals surface area contributed by atoms with Crippen molar-refractivity contribution in [1.82, 2.24) is 9.78 Å². The lowest BCUT2D eigenvalue weighted by molar-refractivity contribution is 0.0552. The van der Waals surface area contributed by atoms with Crippen LogP contribution in [0, 0.1) is 0 Å². The first-order valence-corrected chi connectivity index (χ1v) is 6.87. The van der Waals surface area contributed by atoms with Crippen molar-refractivity contribution in [3.63, 3.8) is 0 Å². The van der Waals surface area contributed by atoms with Crippen LogP contribution in [0.1, 0.15) is 64.1 Å². The molecule has 1 aliphatic carbocycles. The molecule has 0 aromatic carbocycles. The molecule has 1 fully saturated rings. The molecule has 2 rings (SSSR count). The number of rotatable bonds is 4. The maximum absolute atomic E-state index is 10.0. The average Bonchev–Trinajstić information content (AvgIpc) is 2.78. The zero-order valence-electron chi connectivity index (χ0n) is 11.0. The van der Waals surface area contributed by atoms with Gasteiger partial charge in [-0.1, -0.05) is 26.2 Å². The first-order chi connectivity index (χ1) is 8.11. The summed E-state index contributed by atoms with van der Waals surface area (Å²) < 4.78 is 2.11. The van der Waals surface area contributed by atoms with Crippen LogP contribution in [0.4, 0.5) is 0 Å². The summed E-state index contributed by atoms with van der Waals surface area (Å²) in [4.78, 5) is 0. The van der Waals surface area contributed by atoms with Crippen molar-refractivity contribution in [1.29, 1.82) is 0 Å². The standard InChI is InChI=1S/C14H24N2O/c1-3-14(2,17)11-12-9-10-16(15-12)13-7-5-4-6-8-13/h9-10,13,17H,3-8,11H2,1-2H3. The minimum Gasteiger partial charge on any atom is -0.390 e. The molecular weight excluding hydrogens is 212 g/mol. The molecule has 3 nitrogen and oxygen atoms in total. The normalized spacial score (nSPS) is 21.4. The molecule has 1 aliphatic rings. The molecule has 3 heteroatoms. The van der Waals surface area contributed by atoms with Crippen LogP contribution in [0.5, 0.6) is 0 Å². The SMILES string of the molecule is CCC(C)(O)Cc1ccn(C2CCCCC2)n1. The lowest BCUT2D eigenvalue weighted by atomic mass is 9.96. The average molecular weight is 236 g/mol. The van der Waals surface area contributed by atoms with Gasteiger partial charge in [0.1, 0.15) is 0 Å². The summed E-state index contributed by atoms with van der Waals surface area (Å²) in [6.07, 6.45) is 10.0. The Kier molecular flexibility index (Phi) is 3.87. The van der Waals surface area contributed by atoms with E-state index in [1.54, 1.807) is 0 Å². The van der Waals surface area contributed by atoms with E-state index in [2.05, 4.69) is 22.0 Å². The van der Waals surface area contributed by atoms with Crippen LogP contribution in [0.15, 0.2) is 12.3 Å². The predicted octanol–water partition coefficient (Wildman–Crippen LogP) is 3.09.